The zero-order valence-electron chi connectivity index (χ0n) is 52.1. The van der Waals surface area contributed by atoms with Gasteiger partial charge in [-0.2, -0.15) is 0 Å². The molecule has 0 radical (unpaired) electrons. The summed E-state index contributed by atoms with van der Waals surface area (Å²) in [5.41, 5.74) is 0. The fourth-order valence-corrected chi connectivity index (χ4v) is 10.3. The second-order valence-corrected chi connectivity index (χ2v) is 24.5. The number of carboxylic acid groups (broad SMARTS) is 1. The van der Waals surface area contributed by atoms with Crippen LogP contribution in [-0.4, -0.2) is 82.3 Å². The maximum absolute atomic E-state index is 12.9. The average molecular weight is 1090 g/mol. The highest BCUT2D eigenvalue weighted by Gasteiger charge is 2.22. The number of carbonyl (C=O) groups excluding carboxylic acids is 3. The highest BCUT2D eigenvalue weighted by Crippen LogP contribution is 2.19. The molecule has 77 heavy (non-hydrogen) atoms. The average Bonchev–Trinajstić information content (AvgIpc) is 3.40. The van der Waals surface area contributed by atoms with Crippen molar-refractivity contribution in [1.82, 2.24) is 0 Å². The lowest BCUT2D eigenvalue weighted by Gasteiger charge is -2.26. The van der Waals surface area contributed by atoms with Crippen LogP contribution in [0.15, 0.2) is 12.2 Å². The van der Waals surface area contributed by atoms with Crippen molar-refractivity contribution in [3.8, 4) is 0 Å². The Morgan fingerprint density at radius 3 is 0.961 bits per heavy atom. The standard InChI is InChI=1S/C68H131NO8/c1-6-8-10-12-14-16-18-20-22-24-26-28-29-30-31-32-33-34-35-36-37-39-41-43-45-47-49-51-53-55-57-59-66(71)77-64(63-76-68(67(72)73)74-61-60-69(3,4)5)62-75-65(70)58-56-54-52-50-48-46-44-42-40-38-27-25-23-21-19-17-15-13-11-9-7-2/h24,26,64,68H,6-23,25,27-63H2,1-5H3/b26-24-. The van der Waals surface area contributed by atoms with Gasteiger partial charge in [-0.1, -0.05) is 309 Å². The molecule has 0 saturated heterocycles. The van der Waals surface area contributed by atoms with Crippen molar-refractivity contribution in [1.29, 1.82) is 0 Å². The number of hydrogen-bond acceptors (Lipinski definition) is 8. The molecule has 0 saturated carbocycles. The Bertz CT molecular complexity index is 1270. The van der Waals surface area contributed by atoms with Crippen LogP contribution in [0.4, 0.5) is 0 Å². The van der Waals surface area contributed by atoms with Crippen LogP contribution in [0.25, 0.3) is 0 Å². The molecule has 456 valence electrons. The molecule has 0 aliphatic carbocycles. The van der Waals surface area contributed by atoms with Gasteiger partial charge >= 0.3 is 11.9 Å². The maximum Gasteiger partial charge on any atom is 0.306 e. The van der Waals surface area contributed by atoms with E-state index in [2.05, 4.69) is 26.0 Å². The Morgan fingerprint density at radius 1 is 0.377 bits per heavy atom. The van der Waals surface area contributed by atoms with E-state index in [-0.39, 0.29) is 32.2 Å². The van der Waals surface area contributed by atoms with Gasteiger partial charge in [0, 0.05) is 12.8 Å². The van der Waals surface area contributed by atoms with Gasteiger partial charge in [-0.25, -0.2) is 0 Å². The largest absolute Gasteiger partial charge is 0.545 e. The zero-order chi connectivity index (χ0) is 56.2. The van der Waals surface area contributed by atoms with Gasteiger partial charge in [-0.3, -0.25) is 9.59 Å². The minimum Gasteiger partial charge on any atom is -0.545 e. The van der Waals surface area contributed by atoms with Crippen LogP contribution in [0.2, 0.25) is 0 Å². The number of carboxylic acids is 1. The molecule has 0 aliphatic rings. The number of likely N-dealkylation sites (N-methyl/N-ethyl adjacent to an activating group) is 1. The second-order valence-electron chi connectivity index (χ2n) is 24.5. The number of hydrogen-bond donors (Lipinski definition) is 0. The number of quaternary nitrogens is 1. The third-order valence-electron chi connectivity index (χ3n) is 15.5. The molecule has 0 bridgehead atoms. The van der Waals surface area contributed by atoms with Gasteiger partial charge in [-0.15, -0.1) is 0 Å². The van der Waals surface area contributed by atoms with Crippen LogP contribution in [0.1, 0.15) is 348 Å². The smallest absolute Gasteiger partial charge is 0.306 e. The van der Waals surface area contributed by atoms with Crippen molar-refractivity contribution < 1.29 is 42.9 Å². The minimum atomic E-state index is -1.62. The molecule has 0 heterocycles. The van der Waals surface area contributed by atoms with Gasteiger partial charge in [-0.05, 0) is 38.5 Å². The van der Waals surface area contributed by atoms with Gasteiger partial charge in [0.15, 0.2) is 12.4 Å². The van der Waals surface area contributed by atoms with Crippen molar-refractivity contribution in [2.24, 2.45) is 0 Å². The van der Waals surface area contributed by atoms with Crippen molar-refractivity contribution in [3.05, 3.63) is 12.2 Å². The molecular weight excluding hydrogens is 959 g/mol. The Balaban J connectivity index is 4.06. The molecule has 0 aromatic carbocycles. The van der Waals surface area contributed by atoms with Gasteiger partial charge < -0.3 is 33.3 Å². The molecule has 0 rings (SSSR count). The number of unbranched alkanes of at least 4 members (excludes halogenated alkanes) is 47. The summed E-state index contributed by atoms with van der Waals surface area (Å²) in [5.74, 6) is -2.25. The summed E-state index contributed by atoms with van der Waals surface area (Å²) in [6, 6.07) is 0. The molecule has 0 aromatic rings. The number of nitrogens with zero attached hydrogens (tertiary/aromatic N) is 1. The quantitative estimate of drug-likeness (QED) is 0.0195. The molecular formula is C68H131NO8. The number of esters is 2. The maximum atomic E-state index is 12.9. The van der Waals surface area contributed by atoms with E-state index in [1.54, 1.807) is 0 Å². The summed E-state index contributed by atoms with van der Waals surface area (Å²) in [7, 11) is 5.94. The van der Waals surface area contributed by atoms with E-state index in [0.29, 0.717) is 17.4 Å². The van der Waals surface area contributed by atoms with Crippen LogP contribution in [0.5, 0.6) is 0 Å². The van der Waals surface area contributed by atoms with Crippen LogP contribution >= 0.6 is 0 Å². The summed E-state index contributed by atoms with van der Waals surface area (Å²) < 4.78 is 22.8. The second kappa shape index (κ2) is 60.1. The molecule has 0 spiro atoms. The molecule has 0 N–H and O–H groups in total. The Kier molecular flexibility index (Phi) is 58.6. The fraction of sp³-hybridized carbons (Fsp3) is 0.926. The summed E-state index contributed by atoms with van der Waals surface area (Å²) in [5, 5.41) is 11.8. The van der Waals surface area contributed by atoms with E-state index in [4.69, 9.17) is 18.9 Å². The normalized spacial score (nSPS) is 12.7. The van der Waals surface area contributed by atoms with E-state index >= 15 is 0 Å². The van der Waals surface area contributed by atoms with E-state index in [9.17, 15) is 19.5 Å². The Hall–Kier alpha value is -1.97. The summed E-state index contributed by atoms with van der Waals surface area (Å²) >= 11 is 0. The lowest BCUT2D eigenvalue weighted by Crippen LogP contribution is -2.44. The first-order valence-corrected chi connectivity index (χ1v) is 33.8. The summed E-state index contributed by atoms with van der Waals surface area (Å²) in [4.78, 5) is 37.4. The van der Waals surface area contributed by atoms with Crippen LogP contribution in [0.3, 0.4) is 0 Å². The minimum absolute atomic E-state index is 0.152. The number of ether oxygens (including phenoxy) is 4. The van der Waals surface area contributed by atoms with Crippen LogP contribution in [0, 0.1) is 0 Å². The predicted molar refractivity (Wildman–Crippen MR) is 325 cm³/mol. The van der Waals surface area contributed by atoms with E-state index < -0.39 is 24.3 Å². The molecule has 0 aliphatic heterocycles. The number of allylic oxidation sites excluding steroid dienone is 2. The van der Waals surface area contributed by atoms with Gasteiger partial charge in [0.1, 0.15) is 13.2 Å². The SMILES string of the molecule is CCCCCCCCCC/C=C\CCCCCCCCCCCCCCCCCCCCCC(=O)OC(COC(=O)CCCCCCCCCCCCCCCCCCCCCCC)COC(OCC[N+](C)(C)C)C(=O)[O-]. The first-order valence-electron chi connectivity index (χ1n) is 33.8. The molecule has 9 heteroatoms. The Morgan fingerprint density at radius 2 is 0.662 bits per heavy atom. The molecule has 2 atom stereocenters. The molecule has 2 unspecified atom stereocenters. The first-order chi connectivity index (χ1) is 37.6. The van der Waals surface area contributed by atoms with Gasteiger partial charge in [0.2, 0.25) is 0 Å². The topological polar surface area (TPSA) is 111 Å². The van der Waals surface area contributed by atoms with Gasteiger partial charge in [0.25, 0.3) is 0 Å². The van der Waals surface area contributed by atoms with Crippen molar-refractivity contribution in [2.75, 3.05) is 47.5 Å². The Labute approximate surface area is 478 Å². The molecule has 0 aromatic heterocycles. The third kappa shape index (κ3) is 61.5. The summed E-state index contributed by atoms with van der Waals surface area (Å²) in [6.45, 7) is 4.83. The lowest BCUT2D eigenvalue weighted by molar-refractivity contribution is -0.870. The first kappa shape index (κ1) is 75.0. The molecule has 0 amide bonds. The highest BCUT2D eigenvalue weighted by molar-refractivity contribution is 5.70. The van der Waals surface area contributed by atoms with Crippen LogP contribution in [-0.2, 0) is 33.3 Å². The van der Waals surface area contributed by atoms with E-state index in [1.807, 2.05) is 21.1 Å². The predicted octanol–water partition coefficient (Wildman–Crippen LogP) is 19.1. The van der Waals surface area contributed by atoms with E-state index in [0.717, 1.165) is 38.5 Å². The number of carbonyl (C=O) groups is 3. The van der Waals surface area contributed by atoms with Crippen molar-refractivity contribution in [2.45, 2.75) is 360 Å². The molecule has 0 fully saturated rings. The van der Waals surface area contributed by atoms with Crippen molar-refractivity contribution >= 4 is 17.9 Å². The summed E-state index contributed by atoms with van der Waals surface area (Å²) in [6.07, 6.45) is 68.6. The third-order valence-corrected chi connectivity index (χ3v) is 15.5. The number of rotatable bonds is 64. The van der Waals surface area contributed by atoms with Gasteiger partial charge in [0.05, 0.1) is 40.3 Å². The van der Waals surface area contributed by atoms with Crippen molar-refractivity contribution in [3.63, 3.8) is 0 Å². The zero-order valence-corrected chi connectivity index (χ0v) is 52.1. The molecule has 9 nitrogen and oxygen atoms in total. The van der Waals surface area contributed by atoms with Crippen LogP contribution < -0.4 is 5.11 Å². The lowest BCUT2D eigenvalue weighted by atomic mass is 10.0. The number of aliphatic carboxylic acids is 1. The highest BCUT2D eigenvalue weighted by atomic mass is 16.7. The van der Waals surface area contributed by atoms with E-state index in [1.165, 1.54) is 283 Å². The fourth-order valence-electron chi connectivity index (χ4n) is 10.3. The monoisotopic (exact) mass is 1090 g/mol.